The Bertz CT molecular complexity index is 764. The van der Waals surface area contributed by atoms with E-state index >= 15 is 0 Å². The zero-order valence-corrected chi connectivity index (χ0v) is 15.2. The van der Waals surface area contributed by atoms with Gasteiger partial charge in [0.25, 0.3) is 0 Å². The maximum absolute atomic E-state index is 13.0. The van der Waals surface area contributed by atoms with E-state index in [0.29, 0.717) is 5.56 Å². The monoisotopic (exact) mass is 354 g/mol. The second kappa shape index (κ2) is 9.12. The number of nitriles is 1. The smallest absolute Gasteiger partial charge is 0.249 e. The number of carbonyl (C=O) groups excluding carboxylic acids is 1. The molecule has 0 heterocycles. The van der Waals surface area contributed by atoms with Crippen LogP contribution in [0.1, 0.15) is 43.5 Å². The van der Waals surface area contributed by atoms with Crippen molar-refractivity contribution in [3.05, 3.63) is 71.0 Å². The average molecular weight is 354 g/mol. The highest BCUT2D eigenvalue weighted by Crippen LogP contribution is 2.16. The fourth-order valence-corrected chi connectivity index (χ4v) is 2.56. The summed E-state index contributed by atoms with van der Waals surface area (Å²) in [7, 11) is 0. The number of rotatable bonds is 7. The van der Waals surface area contributed by atoms with Gasteiger partial charge in [0.05, 0.1) is 24.3 Å². The van der Waals surface area contributed by atoms with E-state index in [-0.39, 0.29) is 30.3 Å². The summed E-state index contributed by atoms with van der Waals surface area (Å²) in [5, 5.41) is 11.8. The quantitative estimate of drug-likeness (QED) is 0.814. The predicted molar refractivity (Wildman–Crippen MR) is 97.5 cm³/mol. The number of ether oxygens (including phenoxy) is 1. The van der Waals surface area contributed by atoms with Crippen LogP contribution < -0.4 is 5.32 Å². The SMILES string of the molecule is CC(C)[C@@H](OCc1ccc(F)cc1)C(=O)N[C@@H](C)c1ccc(C#N)cc1. The summed E-state index contributed by atoms with van der Waals surface area (Å²) < 4.78 is 18.8. The minimum absolute atomic E-state index is 0.0105. The van der Waals surface area contributed by atoms with Crippen LogP contribution in [0.15, 0.2) is 48.5 Å². The number of hydrogen-bond acceptors (Lipinski definition) is 3. The van der Waals surface area contributed by atoms with Gasteiger partial charge in [0.2, 0.25) is 5.91 Å². The third-order valence-electron chi connectivity index (χ3n) is 4.11. The van der Waals surface area contributed by atoms with Crippen LogP contribution in [0.25, 0.3) is 0 Å². The summed E-state index contributed by atoms with van der Waals surface area (Å²) in [5.41, 5.74) is 2.30. The molecule has 0 saturated heterocycles. The Morgan fingerprint density at radius 2 is 1.73 bits per heavy atom. The van der Waals surface area contributed by atoms with E-state index in [9.17, 15) is 9.18 Å². The van der Waals surface area contributed by atoms with Crippen molar-refractivity contribution >= 4 is 5.91 Å². The van der Waals surface area contributed by atoms with E-state index in [1.165, 1.54) is 12.1 Å². The van der Waals surface area contributed by atoms with Crippen molar-refractivity contribution < 1.29 is 13.9 Å². The van der Waals surface area contributed by atoms with E-state index in [1.807, 2.05) is 32.9 Å². The predicted octanol–water partition coefficient (Wildman–Crippen LogP) is 4.12. The minimum Gasteiger partial charge on any atom is -0.363 e. The van der Waals surface area contributed by atoms with Gasteiger partial charge < -0.3 is 10.1 Å². The summed E-state index contributed by atoms with van der Waals surface area (Å²) in [4.78, 5) is 12.6. The van der Waals surface area contributed by atoms with Crippen molar-refractivity contribution in [1.82, 2.24) is 5.32 Å². The molecule has 0 bridgehead atoms. The van der Waals surface area contributed by atoms with E-state index in [0.717, 1.165) is 11.1 Å². The van der Waals surface area contributed by atoms with Crippen LogP contribution in [0.4, 0.5) is 4.39 Å². The van der Waals surface area contributed by atoms with Crippen molar-refractivity contribution in [2.75, 3.05) is 0 Å². The molecular formula is C21H23FN2O2. The summed E-state index contributed by atoms with van der Waals surface area (Å²) in [5.74, 6) is -0.509. The minimum atomic E-state index is -0.610. The standard InChI is InChI=1S/C21H23FN2O2/c1-14(2)20(26-13-17-6-10-19(22)11-7-17)21(25)24-15(3)18-8-4-16(12-23)5-9-18/h4-11,14-15,20H,13H2,1-3H3,(H,24,25)/t15-,20+/m0/s1. The lowest BCUT2D eigenvalue weighted by Crippen LogP contribution is -2.40. The van der Waals surface area contributed by atoms with Crippen molar-refractivity contribution in [2.24, 2.45) is 5.92 Å². The largest absolute Gasteiger partial charge is 0.363 e. The molecule has 0 aliphatic carbocycles. The molecule has 5 heteroatoms. The number of carbonyl (C=O) groups is 1. The Hall–Kier alpha value is -2.71. The first-order valence-corrected chi connectivity index (χ1v) is 8.57. The normalized spacial score (nSPS) is 13.1. The Morgan fingerprint density at radius 3 is 2.27 bits per heavy atom. The Morgan fingerprint density at radius 1 is 1.12 bits per heavy atom. The van der Waals surface area contributed by atoms with Gasteiger partial charge in [0.1, 0.15) is 11.9 Å². The van der Waals surface area contributed by atoms with Crippen LogP contribution in [0.5, 0.6) is 0 Å². The Kier molecular flexibility index (Phi) is 6.88. The fraction of sp³-hybridized carbons (Fsp3) is 0.333. The lowest BCUT2D eigenvalue weighted by atomic mass is 10.0. The van der Waals surface area contributed by atoms with E-state index < -0.39 is 6.10 Å². The maximum atomic E-state index is 13.0. The molecule has 4 nitrogen and oxygen atoms in total. The van der Waals surface area contributed by atoms with Gasteiger partial charge in [-0.3, -0.25) is 4.79 Å². The van der Waals surface area contributed by atoms with E-state index in [1.54, 1.807) is 24.3 Å². The number of hydrogen-bond donors (Lipinski definition) is 1. The number of halogens is 1. The molecule has 0 aliphatic heterocycles. The first-order valence-electron chi connectivity index (χ1n) is 8.57. The van der Waals surface area contributed by atoms with Crippen LogP contribution in [0.2, 0.25) is 0 Å². The van der Waals surface area contributed by atoms with Gasteiger partial charge in [-0.15, -0.1) is 0 Å². The number of nitrogens with zero attached hydrogens (tertiary/aromatic N) is 1. The molecule has 1 amide bonds. The van der Waals surface area contributed by atoms with Crippen molar-refractivity contribution in [2.45, 2.75) is 39.5 Å². The highest BCUT2D eigenvalue weighted by Gasteiger charge is 2.24. The van der Waals surface area contributed by atoms with Crippen molar-refractivity contribution in [1.29, 1.82) is 5.26 Å². The third-order valence-corrected chi connectivity index (χ3v) is 4.11. The van der Waals surface area contributed by atoms with Gasteiger partial charge in [0.15, 0.2) is 0 Å². The molecule has 136 valence electrons. The van der Waals surface area contributed by atoms with E-state index in [4.69, 9.17) is 10.00 Å². The summed E-state index contributed by atoms with van der Waals surface area (Å²) in [6, 6.07) is 15.0. The summed E-state index contributed by atoms with van der Waals surface area (Å²) >= 11 is 0. The molecule has 2 aromatic carbocycles. The number of benzene rings is 2. The molecular weight excluding hydrogens is 331 g/mol. The number of nitrogens with one attached hydrogen (secondary N) is 1. The molecule has 0 unspecified atom stereocenters. The molecule has 0 saturated carbocycles. The molecule has 2 atom stereocenters. The Labute approximate surface area is 153 Å². The lowest BCUT2D eigenvalue weighted by Gasteiger charge is -2.23. The molecule has 1 N–H and O–H groups in total. The third kappa shape index (κ3) is 5.40. The van der Waals surface area contributed by atoms with Gasteiger partial charge in [-0.1, -0.05) is 38.1 Å². The van der Waals surface area contributed by atoms with Crippen LogP contribution in [-0.2, 0) is 16.1 Å². The summed E-state index contributed by atoms with van der Waals surface area (Å²) in [6.07, 6.45) is -0.610. The fourth-order valence-electron chi connectivity index (χ4n) is 2.56. The van der Waals surface area contributed by atoms with Crippen LogP contribution >= 0.6 is 0 Å². The van der Waals surface area contributed by atoms with Gasteiger partial charge in [-0.05, 0) is 48.2 Å². The van der Waals surface area contributed by atoms with Crippen molar-refractivity contribution in [3.63, 3.8) is 0 Å². The Balaban J connectivity index is 1.98. The topological polar surface area (TPSA) is 62.1 Å². The van der Waals surface area contributed by atoms with Crippen LogP contribution in [-0.4, -0.2) is 12.0 Å². The van der Waals surface area contributed by atoms with Gasteiger partial charge in [-0.2, -0.15) is 5.26 Å². The first kappa shape index (κ1) is 19.6. The average Bonchev–Trinajstić information content (AvgIpc) is 2.63. The zero-order chi connectivity index (χ0) is 19.1. The first-order chi connectivity index (χ1) is 12.4. The van der Waals surface area contributed by atoms with Gasteiger partial charge >= 0.3 is 0 Å². The van der Waals surface area contributed by atoms with Crippen molar-refractivity contribution in [3.8, 4) is 6.07 Å². The summed E-state index contributed by atoms with van der Waals surface area (Å²) in [6.45, 7) is 5.96. The highest BCUT2D eigenvalue weighted by molar-refractivity contribution is 5.81. The maximum Gasteiger partial charge on any atom is 0.249 e. The van der Waals surface area contributed by atoms with Crippen LogP contribution in [0, 0.1) is 23.1 Å². The molecule has 0 fully saturated rings. The second-order valence-electron chi connectivity index (χ2n) is 6.57. The molecule has 26 heavy (non-hydrogen) atoms. The molecule has 0 radical (unpaired) electrons. The zero-order valence-electron chi connectivity index (χ0n) is 15.2. The van der Waals surface area contributed by atoms with Gasteiger partial charge in [-0.25, -0.2) is 4.39 Å². The van der Waals surface area contributed by atoms with Crippen LogP contribution in [0.3, 0.4) is 0 Å². The number of amides is 1. The molecule has 2 aromatic rings. The molecule has 2 rings (SSSR count). The molecule has 0 aromatic heterocycles. The highest BCUT2D eigenvalue weighted by atomic mass is 19.1. The van der Waals surface area contributed by atoms with E-state index in [2.05, 4.69) is 11.4 Å². The van der Waals surface area contributed by atoms with Gasteiger partial charge in [0, 0.05) is 0 Å². The second-order valence-corrected chi connectivity index (χ2v) is 6.57. The molecule has 0 spiro atoms. The lowest BCUT2D eigenvalue weighted by molar-refractivity contribution is -0.137. The molecule has 0 aliphatic rings.